The van der Waals surface area contributed by atoms with Gasteiger partial charge in [-0.2, -0.15) is 0 Å². The predicted molar refractivity (Wildman–Crippen MR) is 60.0 cm³/mol. The molecule has 18 heavy (non-hydrogen) atoms. The molecule has 0 unspecified atom stereocenters. The van der Waals surface area contributed by atoms with Gasteiger partial charge in [0.05, 0.1) is 5.69 Å². The molecule has 2 aromatic heterocycles. The lowest BCUT2D eigenvalue weighted by atomic mass is 10.3. The smallest absolute Gasteiger partial charge is 0.143 e. The third kappa shape index (κ3) is 2.19. The summed E-state index contributed by atoms with van der Waals surface area (Å²) < 4.78 is 11.8. The Morgan fingerprint density at radius 3 is 2.72 bits per heavy atom. The third-order valence-corrected chi connectivity index (χ3v) is 2.33. The number of rotatable bonds is 4. The molecule has 1 aromatic carbocycles. The molecule has 0 N–H and O–H groups in total. The minimum absolute atomic E-state index is 0.376. The van der Waals surface area contributed by atoms with Crippen LogP contribution in [0.1, 0.15) is 5.69 Å². The van der Waals surface area contributed by atoms with E-state index in [2.05, 4.69) is 20.7 Å². The van der Waals surface area contributed by atoms with Crippen LogP contribution < -0.4 is 4.74 Å². The number of hydrogen-bond acceptors (Lipinski definition) is 6. The van der Waals surface area contributed by atoms with Gasteiger partial charge in [0.2, 0.25) is 0 Å². The average Bonchev–Trinajstić information content (AvgIpc) is 3.10. The fraction of sp³-hybridized carbons (Fsp3) is 0.0909. The lowest BCUT2D eigenvalue weighted by Crippen LogP contribution is -1.97. The molecule has 0 spiro atoms. The van der Waals surface area contributed by atoms with Crippen molar-refractivity contribution in [1.29, 1.82) is 0 Å². The van der Waals surface area contributed by atoms with Crippen molar-refractivity contribution in [3.05, 3.63) is 48.6 Å². The van der Waals surface area contributed by atoms with E-state index in [4.69, 9.17) is 9.26 Å². The lowest BCUT2D eigenvalue weighted by Gasteiger charge is -2.04. The first kappa shape index (κ1) is 10.5. The molecule has 7 nitrogen and oxygen atoms in total. The van der Waals surface area contributed by atoms with Gasteiger partial charge in [0, 0.05) is 6.07 Å². The molecule has 0 aliphatic rings. The number of ether oxygens (including phenoxy) is 1. The molecule has 3 rings (SSSR count). The van der Waals surface area contributed by atoms with Gasteiger partial charge in [-0.15, -0.1) is 5.10 Å². The first-order valence-electron chi connectivity index (χ1n) is 5.27. The van der Waals surface area contributed by atoms with E-state index in [9.17, 15) is 0 Å². The van der Waals surface area contributed by atoms with Crippen molar-refractivity contribution in [1.82, 2.24) is 25.4 Å². The monoisotopic (exact) mass is 243 g/mol. The zero-order chi connectivity index (χ0) is 12.2. The van der Waals surface area contributed by atoms with E-state index in [1.807, 2.05) is 24.3 Å². The van der Waals surface area contributed by atoms with Gasteiger partial charge in [-0.1, -0.05) is 5.16 Å². The summed E-state index contributed by atoms with van der Waals surface area (Å²) in [7, 11) is 0. The molecule has 0 bridgehead atoms. The Morgan fingerprint density at radius 2 is 2.06 bits per heavy atom. The first-order valence-corrected chi connectivity index (χ1v) is 5.27. The molecular weight excluding hydrogens is 234 g/mol. The van der Waals surface area contributed by atoms with Crippen molar-refractivity contribution in [2.45, 2.75) is 6.61 Å². The molecule has 0 fully saturated rings. The van der Waals surface area contributed by atoms with Gasteiger partial charge >= 0.3 is 0 Å². The molecule has 0 amide bonds. The zero-order valence-electron chi connectivity index (χ0n) is 9.30. The van der Waals surface area contributed by atoms with Crippen LogP contribution in [-0.4, -0.2) is 25.4 Å². The quantitative estimate of drug-likeness (QED) is 0.685. The maximum atomic E-state index is 5.54. The van der Waals surface area contributed by atoms with Crippen molar-refractivity contribution >= 4 is 0 Å². The van der Waals surface area contributed by atoms with E-state index in [-0.39, 0.29) is 0 Å². The van der Waals surface area contributed by atoms with Crippen LogP contribution in [0.25, 0.3) is 5.69 Å². The number of tetrazole rings is 1. The summed E-state index contributed by atoms with van der Waals surface area (Å²) in [5, 5.41) is 14.7. The Morgan fingerprint density at radius 1 is 1.17 bits per heavy atom. The molecule has 0 atom stereocenters. The fourth-order valence-electron chi connectivity index (χ4n) is 1.44. The number of nitrogens with zero attached hydrogens (tertiary/aromatic N) is 5. The minimum Gasteiger partial charge on any atom is -0.487 e. The van der Waals surface area contributed by atoms with Gasteiger partial charge in [-0.3, -0.25) is 0 Å². The zero-order valence-corrected chi connectivity index (χ0v) is 9.30. The van der Waals surface area contributed by atoms with Crippen LogP contribution in [0.3, 0.4) is 0 Å². The second-order valence-corrected chi connectivity index (χ2v) is 3.53. The summed E-state index contributed by atoms with van der Waals surface area (Å²) in [5.41, 5.74) is 1.62. The van der Waals surface area contributed by atoms with E-state index in [1.165, 1.54) is 12.6 Å². The van der Waals surface area contributed by atoms with Crippen molar-refractivity contribution in [3.63, 3.8) is 0 Å². The number of hydrogen-bond donors (Lipinski definition) is 0. The van der Waals surface area contributed by atoms with E-state index in [1.54, 1.807) is 10.7 Å². The van der Waals surface area contributed by atoms with E-state index in [0.717, 1.165) is 17.1 Å². The second-order valence-electron chi connectivity index (χ2n) is 3.53. The summed E-state index contributed by atoms with van der Waals surface area (Å²) in [5.74, 6) is 0.745. The van der Waals surface area contributed by atoms with Gasteiger partial charge in [-0.25, -0.2) is 4.68 Å². The summed E-state index contributed by atoms with van der Waals surface area (Å²) in [6.45, 7) is 0.376. The summed E-state index contributed by atoms with van der Waals surface area (Å²) >= 11 is 0. The molecule has 7 heteroatoms. The summed E-state index contributed by atoms with van der Waals surface area (Å²) in [4.78, 5) is 0. The molecule has 0 aliphatic heterocycles. The summed E-state index contributed by atoms with van der Waals surface area (Å²) in [6.07, 6.45) is 3.05. The van der Waals surface area contributed by atoms with Gasteiger partial charge < -0.3 is 9.26 Å². The molecule has 90 valence electrons. The van der Waals surface area contributed by atoms with Crippen LogP contribution >= 0.6 is 0 Å². The van der Waals surface area contributed by atoms with Crippen LogP contribution in [0.4, 0.5) is 0 Å². The van der Waals surface area contributed by atoms with Crippen LogP contribution in [0, 0.1) is 0 Å². The average molecular weight is 243 g/mol. The number of benzene rings is 1. The Balaban J connectivity index is 1.68. The molecule has 0 saturated carbocycles. The van der Waals surface area contributed by atoms with Crippen molar-refractivity contribution < 1.29 is 9.26 Å². The predicted octanol–water partition coefficient (Wildman–Crippen LogP) is 1.23. The standard InChI is InChI=1S/C11H9N5O2/c1-3-11(17-7-9-5-6-18-13-9)4-2-10(1)16-8-12-14-15-16/h1-6,8H,7H2. The van der Waals surface area contributed by atoms with Gasteiger partial charge in [0.25, 0.3) is 0 Å². The third-order valence-electron chi connectivity index (χ3n) is 2.33. The molecule has 3 aromatic rings. The molecule has 0 saturated heterocycles. The second kappa shape index (κ2) is 4.66. The maximum absolute atomic E-state index is 5.54. The first-order chi connectivity index (χ1) is 8.92. The Bertz CT molecular complexity index is 589. The van der Waals surface area contributed by atoms with E-state index in [0.29, 0.717) is 6.61 Å². The molecular formula is C11H9N5O2. The van der Waals surface area contributed by atoms with Crippen LogP contribution in [0.5, 0.6) is 5.75 Å². The van der Waals surface area contributed by atoms with Gasteiger partial charge in [-0.05, 0) is 34.7 Å². The fourth-order valence-corrected chi connectivity index (χ4v) is 1.44. The van der Waals surface area contributed by atoms with Gasteiger partial charge in [0.1, 0.15) is 30.6 Å². The highest BCUT2D eigenvalue weighted by atomic mass is 16.5. The Hall–Kier alpha value is -2.70. The molecule has 2 heterocycles. The van der Waals surface area contributed by atoms with Crippen LogP contribution in [0.2, 0.25) is 0 Å². The van der Waals surface area contributed by atoms with Crippen LogP contribution in [0.15, 0.2) is 47.4 Å². The highest BCUT2D eigenvalue weighted by Gasteiger charge is 2.01. The lowest BCUT2D eigenvalue weighted by molar-refractivity contribution is 0.289. The topological polar surface area (TPSA) is 78.9 Å². The minimum atomic E-state index is 0.376. The van der Waals surface area contributed by atoms with Crippen molar-refractivity contribution in [3.8, 4) is 11.4 Å². The largest absolute Gasteiger partial charge is 0.487 e. The Kier molecular flexibility index (Phi) is 2.71. The van der Waals surface area contributed by atoms with Crippen molar-refractivity contribution in [2.75, 3.05) is 0 Å². The van der Waals surface area contributed by atoms with Crippen molar-refractivity contribution in [2.24, 2.45) is 0 Å². The highest BCUT2D eigenvalue weighted by molar-refractivity contribution is 5.36. The maximum Gasteiger partial charge on any atom is 0.143 e. The molecule has 0 radical (unpaired) electrons. The SMILES string of the molecule is c1cc(COc2ccc(-n3cnnn3)cc2)no1. The normalized spacial score (nSPS) is 10.4. The van der Waals surface area contributed by atoms with E-state index >= 15 is 0 Å². The molecule has 0 aliphatic carbocycles. The van der Waals surface area contributed by atoms with Gasteiger partial charge in [0.15, 0.2) is 0 Å². The van der Waals surface area contributed by atoms with E-state index < -0.39 is 0 Å². The highest BCUT2D eigenvalue weighted by Crippen LogP contribution is 2.15. The van der Waals surface area contributed by atoms with Crippen LogP contribution in [-0.2, 0) is 6.61 Å². The Labute approximate surface area is 102 Å². The number of aromatic nitrogens is 5. The summed E-state index contributed by atoms with van der Waals surface area (Å²) in [6, 6.07) is 9.19.